The van der Waals surface area contributed by atoms with E-state index in [2.05, 4.69) is 37.8 Å². The fourth-order valence-electron chi connectivity index (χ4n) is 3.55. The second kappa shape index (κ2) is 12.3. The first kappa shape index (κ1) is 26.8. The molecule has 199 valence electrons. The lowest BCUT2D eigenvalue weighted by Crippen LogP contribution is -2.31. The van der Waals surface area contributed by atoms with Crippen molar-refractivity contribution in [3.8, 4) is 5.75 Å². The first-order valence-corrected chi connectivity index (χ1v) is 11.7. The molecule has 0 aliphatic rings. The van der Waals surface area contributed by atoms with Gasteiger partial charge in [0.15, 0.2) is 0 Å². The summed E-state index contributed by atoms with van der Waals surface area (Å²) in [5.41, 5.74) is 2.30. The van der Waals surface area contributed by atoms with Crippen LogP contribution in [0.5, 0.6) is 5.75 Å². The molecule has 1 heterocycles. The monoisotopic (exact) mass is 530 g/mol. The Bertz CT molecular complexity index is 1470. The van der Waals surface area contributed by atoms with Gasteiger partial charge in [0, 0.05) is 12.2 Å². The number of nitrogens with zero attached hydrogens (tertiary/aromatic N) is 4. The number of carbonyl (C=O) groups is 2. The van der Waals surface area contributed by atoms with Gasteiger partial charge >= 0.3 is 12.0 Å². The Kier molecular flexibility index (Phi) is 8.46. The standard InChI is InChI=1S/C27H25FN7O4/c1-17-7-3-4-8-20(17)29-24-31-25(34-27(38)30-21-9-5-6-10-22(21)39-2)33-26(32-24)35(16-23(36)37)15-18-11-13-19(28)14-12-18/h3-14H,1,15-16H2,2H3,(H,36,37)(H3,29,30,31,32,33,34,38). The number of urea groups is 1. The van der Waals surface area contributed by atoms with E-state index in [0.717, 1.165) is 0 Å². The Morgan fingerprint density at radius 2 is 1.59 bits per heavy atom. The van der Waals surface area contributed by atoms with Crippen LogP contribution in [0.3, 0.4) is 0 Å². The van der Waals surface area contributed by atoms with Gasteiger partial charge in [-0.1, -0.05) is 42.5 Å². The highest BCUT2D eigenvalue weighted by Gasteiger charge is 2.19. The number of benzene rings is 3. The maximum Gasteiger partial charge on any atom is 0.326 e. The van der Waals surface area contributed by atoms with Crippen LogP contribution in [0.2, 0.25) is 0 Å². The van der Waals surface area contributed by atoms with E-state index < -0.39 is 24.4 Å². The Morgan fingerprint density at radius 1 is 0.923 bits per heavy atom. The predicted molar refractivity (Wildman–Crippen MR) is 145 cm³/mol. The molecule has 4 N–H and O–H groups in total. The first-order chi connectivity index (χ1) is 18.8. The Balaban J connectivity index is 1.67. The average Bonchev–Trinajstić information content (AvgIpc) is 2.91. The van der Waals surface area contributed by atoms with Crippen molar-refractivity contribution in [2.45, 2.75) is 6.54 Å². The Labute approximate surface area is 223 Å². The molecule has 12 heteroatoms. The molecule has 0 saturated carbocycles. The fraction of sp³-hybridized carbons (Fsp3) is 0.111. The van der Waals surface area contributed by atoms with Gasteiger partial charge in [-0.25, -0.2) is 9.18 Å². The molecular formula is C27H25FN7O4. The number of carbonyl (C=O) groups excluding carboxylic acids is 1. The summed E-state index contributed by atoms with van der Waals surface area (Å²) in [6, 6.07) is 19.0. The third-order valence-electron chi connectivity index (χ3n) is 5.36. The molecule has 0 spiro atoms. The minimum atomic E-state index is -1.14. The van der Waals surface area contributed by atoms with Crippen molar-refractivity contribution < 1.29 is 23.8 Å². The third kappa shape index (κ3) is 7.38. The number of hydrogen-bond donors (Lipinski definition) is 4. The van der Waals surface area contributed by atoms with Gasteiger partial charge in [0.2, 0.25) is 17.8 Å². The van der Waals surface area contributed by atoms with E-state index in [4.69, 9.17) is 4.74 Å². The number of para-hydroxylation sites is 3. The summed E-state index contributed by atoms with van der Waals surface area (Å²) in [6.07, 6.45) is 0. The molecule has 1 aromatic heterocycles. The van der Waals surface area contributed by atoms with Crippen LogP contribution in [0.4, 0.5) is 38.4 Å². The molecule has 11 nitrogen and oxygen atoms in total. The van der Waals surface area contributed by atoms with Crippen LogP contribution >= 0.6 is 0 Å². The quantitative estimate of drug-likeness (QED) is 0.230. The highest BCUT2D eigenvalue weighted by molar-refractivity contribution is 5.99. The molecule has 0 aliphatic carbocycles. The van der Waals surface area contributed by atoms with Crippen LogP contribution in [0, 0.1) is 12.7 Å². The largest absolute Gasteiger partial charge is 0.495 e. The van der Waals surface area contributed by atoms with Crippen LogP contribution in [0.25, 0.3) is 0 Å². The minimum Gasteiger partial charge on any atom is -0.495 e. The van der Waals surface area contributed by atoms with Crippen LogP contribution < -0.4 is 25.6 Å². The number of carboxylic acids is 1. The van der Waals surface area contributed by atoms with Gasteiger partial charge in [0.25, 0.3) is 0 Å². The van der Waals surface area contributed by atoms with Gasteiger partial charge in [-0.15, -0.1) is 0 Å². The van der Waals surface area contributed by atoms with Gasteiger partial charge in [-0.2, -0.15) is 15.0 Å². The van der Waals surface area contributed by atoms with E-state index in [-0.39, 0.29) is 24.4 Å². The van der Waals surface area contributed by atoms with E-state index in [9.17, 15) is 19.1 Å². The number of nitrogens with one attached hydrogen (secondary N) is 3. The summed E-state index contributed by atoms with van der Waals surface area (Å²) in [4.78, 5) is 38.8. The number of aromatic nitrogens is 3. The van der Waals surface area contributed by atoms with Crippen molar-refractivity contribution in [2.24, 2.45) is 0 Å². The maximum absolute atomic E-state index is 13.4. The summed E-state index contributed by atoms with van der Waals surface area (Å²) < 4.78 is 18.7. The van der Waals surface area contributed by atoms with E-state index in [1.54, 1.807) is 42.5 Å². The van der Waals surface area contributed by atoms with Crippen molar-refractivity contribution in [2.75, 3.05) is 34.5 Å². The maximum atomic E-state index is 13.4. The lowest BCUT2D eigenvalue weighted by atomic mass is 10.2. The molecule has 39 heavy (non-hydrogen) atoms. The lowest BCUT2D eigenvalue weighted by molar-refractivity contribution is -0.135. The van der Waals surface area contributed by atoms with Crippen molar-refractivity contribution in [1.29, 1.82) is 0 Å². The van der Waals surface area contributed by atoms with Crippen LogP contribution in [-0.4, -0.2) is 45.7 Å². The van der Waals surface area contributed by atoms with E-state index >= 15 is 0 Å². The summed E-state index contributed by atoms with van der Waals surface area (Å²) in [7, 11) is 1.48. The number of halogens is 1. The molecule has 0 bridgehead atoms. The Morgan fingerprint density at radius 3 is 2.28 bits per heavy atom. The topological polar surface area (TPSA) is 142 Å². The van der Waals surface area contributed by atoms with Crippen molar-refractivity contribution in [1.82, 2.24) is 15.0 Å². The number of amides is 2. The van der Waals surface area contributed by atoms with Gasteiger partial charge in [-0.3, -0.25) is 10.1 Å². The molecule has 1 radical (unpaired) electrons. The Hall–Kier alpha value is -5.26. The molecule has 0 atom stereocenters. The number of aliphatic carboxylic acids is 1. The highest BCUT2D eigenvalue weighted by atomic mass is 19.1. The molecule has 3 aromatic carbocycles. The third-order valence-corrected chi connectivity index (χ3v) is 5.36. The van der Waals surface area contributed by atoms with Crippen molar-refractivity contribution in [3.63, 3.8) is 0 Å². The molecule has 2 amide bonds. The smallest absolute Gasteiger partial charge is 0.326 e. The van der Waals surface area contributed by atoms with Gasteiger partial charge in [0.1, 0.15) is 18.1 Å². The molecule has 0 saturated heterocycles. The van der Waals surface area contributed by atoms with Gasteiger partial charge in [-0.05, 0) is 48.4 Å². The van der Waals surface area contributed by atoms with E-state index in [0.29, 0.717) is 28.3 Å². The predicted octanol–water partition coefficient (Wildman–Crippen LogP) is 4.68. The van der Waals surface area contributed by atoms with Crippen molar-refractivity contribution >= 4 is 41.2 Å². The summed E-state index contributed by atoms with van der Waals surface area (Å²) >= 11 is 0. The van der Waals surface area contributed by atoms with Crippen LogP contribution in [0.1, 0.15) is 11.1 Å². The molecule has 4 rings (SSSR count). The molecule has 4 aromatic rings. The molecule has 0 unspecified atom stereocenters. The van der Waals surface area contributed by atoms with Gasteiger partial charge in [0.05, 0.1) is 12.8 Å². The minimum absolute atomic E-state index is 0.0339. The SMILES string of the molecule is [CH2]c1ccccc1Nc1nc(NC(=O)Nc2ccccc2OC)nc(N(CC(=O)O)Cc2ccc(F)cc2)n1. The number of rotatable bonds is 10. The zero-order valence-corrected chi connectivity index (χ0v) is 20.9. The van der Waals surface area contributed by atoms with Gasteiger partial charge < -0.3 is 25.4 Å². The lowest BCUT2D eigenvalue weighted by Gasteiger charge is -2.22. The normalized spacial score (nSPS) is 10.4. The molecule has 0 fully saturated rings. The number of anilines is 5. The number of hydrogen-bond acceptors (Lipinski definition) is 8. The summed E-state index contributed by atoms with van der Waals surface area (Å²) in [5.74, 6) is -1.25. The summed E-state index contributed by atoms with van der Waals surface area (Å²) in [5, 5.41) is 17.8. The summed E-state index contributed by atoms with van der Waals surface area (Å²) in [6.45, 7) is 3.54. The zero-order valence-electron chi connectivity index (χ0n) is 20.9. The molecular weight excluding hydrogens is 505 g/mol. The number of methoxy groups -OCH3 is 1. The number of ether oxygens (including phenoxy) is 1. The highest BCUT2D eigenvalue weighted by Crippen LogP contribution is 2.24. The zero-order chi connectivity index (χ0) is 27.8. The fourth-order valence-corrected chi connectivity index (χ4v) is 3.55. The van der Waals surface area contributed by atoms with E-state index in [1.165, 1.54) is 36.3 Å². The van der Waals surface area contributed by atoms with E-state index in [1.807, 2.05) is 6.07 Å². The number of carboxylic acid groups (broad SMARTS) is 1. The second-order valence-electron chi connectivity index (χ2n) is 8.22. The van der Waals surface area contributed by atoms with Crippen LogP contribution in [-0.2, 0) is 11.3 Å². The molecule has 0 aliphatic heterocycles. The van der Waals surface area contributed by atoms with Crippen LogP contribution in [0.15, 0.2) is 72.8 Å². The second-order valence-corrected chi connectivity index (χ2v) is 8.22. The van der Waals surface area contributed by atoms with Crippen molar-refractivity contribution in [3.05, 3.63) is 96.7 Å². The first-order valence-electron chi connectivity index (χ1n) is 11.7. The average molecular weight is 531 g/mol.